The molecule has 1 fully saturated rings. The first-order valence-corrected chi connectivity index (χ1v) is 9.15. The van der Waals surface area contributed by atoms with Crippen LogP contribution < -0.4 is 11.1 Å². The minimum Gasteiger partial charge on any atom is -0.465 e. The van der Waals surface area contributed by atoms with Crippen molar-refractivity contribution >= 4 is 39.8 Å². The van der Waals surface area contributed by atoms with Gasteiger partial charge in [-0.2, -0.15) is 0 Å². The van der Waals surface area contributed by atoms with Gasteiger partial charge < -0.3 is 20.7 Å². The average Bonchev–Trinajstić information content (AvgIpc) is 3.08. The lowest BCUT2D eigenvalue weighted by atomic mass is 10.1. The normalized spacial score (nSPS) is 18.9. The molecule has 1 saturated heterocycles. The van der Waals surface area contributed by atoms with Gasteiger partial charge in [0.25, 0.3) is 0 Å². The average molecular weight is 329 g/mol. The van der Waals surface area contributed by atoms with E-state index >= 15 is 0 Å². The van der Waals surface area contributed by atoms with E-state index in [4.69, 9.17) is 10.5 Å². The summed E-state index contributed by atoms with van der Waals surface area (Å²) >= 11 is 2.95. The quantitative estimate of drug-likeness (QED) is 0.618. The Kier molecular flexibility index (Phi) is 5.78. The minimum atomic E-state index is -0.362. The topological polar surface area (TPSA) is 67.6 Å². The molecule has 0 bridgehead atoms. The van der Waals surface area contributed by atoms with Crippen LogP contribution in [0.5, 0.6) is 0 Å². The molecule has 0 radical (unpaired) electrons. The zero-order valence-corrected chi connectivity index (χ0v) is 14.4. The number of thiophene rings is 1. The van der Waals surface area contributed by atoms with Gasteiger partial charge in [-0.1, -0.05) is 6.92 Å². The second-order valence-corrected chi connectivity index (χ2v) is 6.96. The van der Waals surface area contributed by atoms with Crippen LogP contribution in [0.3, 0.4) is 0 Å². The van der Waals surface area contributed by atoms with Crippen LogP contribution in [0, 0.1) is 5.92 Å². The van der Waals surface area contributed by atoms with E-state index in [0.29, 0.717) is 16.5 Å². The van der Waals surface area contributed by atoms with Crippen molar-refractivity contribution in [3.63, 3.8) is 0 Å². The van der Waals surface area contributed by atoms with Crippen molar-refractivity contribution < 1.29 is 9.53 Å². The number of likely N-dealkylation sites (tertiary alicyclic amines) is 1. The number of methoxy groups -OCH3 is 1. The van der Waals surface area contributed by atoms with Gasteiger partial charge in [0.05, 0.1) is 17.7 Å². The van der Waals surface area contributed by atoms with E-state index in [0.717, 1.165) is 29.5 Å². The highest BCUT2D eigenvalue weighted by molar-refractivity contribution is 7.99. The summed E-state index contributed by atoms with van der Waals surface area (Å²) in [5.74, 6) is 0.295. The molecule has 0 spiro atoms. The van der Waals surface area contributed by atoms with Gasteiger partial charge in [-0.15, -0.1) is 23.1 Å². The molecule has 2 rings (SSSR count). The van der Waals surface area contributed by atoms with E-state index in [9.17, 15) is 4.79 Å². The molecule has 118 valence electrons. The van der Waals surface area contributed by atoms with Crippen LogP contribution in [0.2, 0.25) is 0 Å². The van der Waals surface area contributed by atoms with E-state index in [-0.39, 0.29) is 5.97 Å². The molecule has 0 aromatic carbocycles. The van der Waals surface area contributed by atoms with Crippen LogP contribution in [-0.4, -0.2) is 50.4 Å². The number of carbonyl (C=O) groups excluding carboxylic acids is 1. The summed E-state index contributed by atoms with van der Waals surface area (Å²) in [5.41, 5.74) is 6.59. The van der Waals surface area contributed by atoms with E-state index in [2.05, 4.69) is 17.1 Å². The van der Waals surface area contributed by atoms with E-state index in [1.165, 1.54) is 31.4 Å². The molecule has 1 aliphatic rings. The van der Waals surface area contributed by atoms with Gasteiger partial charge in [-0.05, 0) is 31.7 Å². The SMILES string of the molecule is CCN1CCC(CNc2sc(C(=O)OC)c(N)c2SC)C1. The number of nitrogen functional groups attached to an aromatic ring is 1. The Morgan fingerprint density at radius 2 is 2.38 bits per heavy atom. The van der Waals surface area contributed by atoms with Crippen LogP contribution in [0.1, 0.15) is 23.0 Å². The van der Waals surface area contributed by atoms with Crippen molar-refractivity contribution in [1.29, 1.82) is 0 Å². The number of esters is 1. The summed E-state index contributed by atoms with van der Waals surface area (Å²) in [7, 11) is 1.38. The smallest absolute Gasteiger partial charge is 0.350 e. The Morgan fingerprint density at radius 1 is 1.62 bits per heavy atom. The Hall–Kier alpha value is -0.920. The second-order valence-electron chi connectivity index (χ2n) is 5.13. The highest BCUT2D eigenvalue weighted by atomic mass is 32.2. The number of nitrogens with one attached hydrogen (secondary N) is 1. The third-order valence-corrected chi connectivity index (χ3v) is 5.95. The molecule has 3 N–H and O–H groups in total. The van der Waals surface area contributed by atoms with Crippen LogP contribution in [0.25, 0.3) is 0 Å². The summed E-state index contributed by atoms with van der Waals surface area (Å²) in [4.78, 5) is 15.6. The second kappa shape index (κ2) is 7.38. The Morgan fingerprint density at radius 3 is 2.95 bits per heavy atom. The molecule has 1 unspecified atom stereocenters. The number of nitrogens with zero attached hydrogens (tertiary/aromatic N) is 1. The number of thioether (sulfide) groups is 1. The fourth-order valence-corrected chi connectivity index (χ4v) is 4.56. The first-order valence-electron chi connectivity index (χ1n) is 7.11. The molecule has 0 saturated carbocycles. The Balaban J connectivity index is 2.04. The maximum Gasteiger partial charge on any atom is 0.350 e. The first kappa shape index (κ1) is 16.5. The number of carbonyl (C=O) groups is 1. The van der Waals surface area contributed by atoms with E-state index < -0.39 is 0 Å². The number of nitrogens with two attached hydrogens (primary N) is 1. The molecular weight excluding hydrogens is 306 g/mol. The molecular formula is C14H23N3O2S2. The van der Waals surface area contributed by atoms with Gasteiger partial charge in [0, 0.05) is 13.1 Å². The zero-order valence-electron chi connectivity index (χ0n) is 12.8. The molecule has 1 aromatic rings. The summed E-state index contributed by atoms with van der Waals surface area (Å²) in [6.45, 7) is 6.56. The number of hydrogen-bond acceptors (Lipinski definition) is 7. The summed E-state index contributed by atoms with van der Waals surface area (Å²) in [5, 5.41) is 4.46. The third kappa shape index (κ3) is 3.64. The Bertz CT molecular complexity index is 505. The highest BCUT2D eigenvalue weighted by Crippen LogP contribution is 2.42. The zero-order chi connectivity index (χ0) is 15.4. The molecule has 5 nitrogen and oxygen atoms in total. The fraction of sp³-hybridized carbons (Fsp3) is 0.643. The van der Waals surface area contributed by atoms with Crippen molar-refractivity contribution in [3.05, 3.63) is 4.88 Å². The van der Waals surface area contributed by atoms with Crippen LogP contribution in [-0.2, 0) is 4.74 Å². The maximum atomic E-state index is 11.7. The van der Waals surface area contributed by atoms with E-state index in [1.807, 2.05) is 6.26 Å². The summed E-state index contributed by atoms with van der Waals surface area (Å²) in [6, 6.07) is 0. The minimum absolute atomic E-state index is 0.362. The summed E-state index contributed by atoms with van der Waals surface area (Å²) < 4.78 is 4.78. The van der Waals surface area contributed by atoms with Crippen molar-refractivity contribution in [2.75, 3.05) is 50.6 Å². The molecule has 1 aromatic heterocycles. The van der Waals surface area contributed by atoms with Gasteiger partial charge in [0.2, 0.25) is 0 Å². The number of hydrogen-bond donors (Lipinski definition) is 2. The molecule has 1 aliphatic heterocycles. The summed E-state index contributed by atoms with van der Waals surface area (Å²) in [6.07, 6.45) is 3.19. The molecule has 1 atom stereocenters. The van der Waals surface area contributed by atoms with Crippen molar-refractivity contribution in [3.8, 4) is 0 Å². The van der Waals surface area contributed by atoms with E-state index in [1.54, 1.807) is 11.8 Å². The predicted octanol–water partition coefficient (Wildman–Crippen LogP) is 2.59. The standard InChI is InChI=1S/C14H23N3O2S2/c1-4-17-6-5-9(8-17)7-16-13-11(20-3)10(15)12(21-13)14(18)19-2/h9,16H,4-8,15H2,1-3H3. The number of rotatable bonds is 6. The van der Waals surface area contributed by atoms with Crippen LogP contribution >= 0.6 is 23.1 Å². The van der Waals surface area contributed by atoms with Crippen molar-refractivity contribution in [1.82, 2.24) is 4.90 Å². The molecule has 0 aliphatic carbocycles. The van der Waals surface area contributed by atoms with Gasteiger partial charge in [-0.3, -0.25) is 0 Å². The highest BCUT2D eigenvalue weighted by Gasteiger charge is 2.24. The third-order valence-electron chi connectivity index (χ3n) is 3.84. The monoisotopic (exact) mass is 329 g/mol. The maximum absolute atomic E-state index is 11.7. The first-order chi connectivity index (χ1) is 10.1. The lowest BCUT2D eigenvalue weighted by Crippen LogP contribution is -2.22. The predicted molar refractivity (Wildman–Crippen MR) is 90.6 cm³/mol. The van der Waals surface area contributed by atoms with Crippen molar-refractivity contribution in [2.24, 2.45) is 5.92 Å². The van der Waals surface area contributed by atoms with Crippen LogP contribution in [0.4, 0.5) is 10.7 Å². The fourth-order valence-electron chi connectivity index (χ4n) is 2.60. The Labute approximate surface area is 134 Å². The van der Waals surface area contributed by atoms with Gasteiger partial charge in [0.15, 0.2) is 0 Å². The van der Waals surface area contributed by atoms with Gasteiger partial charge in [-0.25, -0.2) is 4.79 Å². The molecule has 0 amide bonds. The van der Waals surface area contributed by atoms with Gasteiger partial charge >= 0.3 is 5.97 Å². The lowest BCUT2D eigenvalue weighted by Gasteiger charge is -2.14. The largest absolute Gasteiger partial charge is 0.465 e. The van der Waals surface area contributed by atoms with Crippen molar-refractivity contribution in [2.45, 2.75) is 18.2 Å². The van der Waals surface area contributed by atoms with Gasteiger partial charge in [0.1, 0.15) is 9.88 Å². The molecule has 21 heavy (non-hydrogen) atoms. The number of anilines is 2. The molecule has 2 heterocycles. The number of ether oxygens (including phenoxy) is 1. The van der Waals surface area contributed by atoms with Crippen LogP contribution in [0.15, 0.2) is 4.90 Å². The lowest BCUT2D eigenvalue weighted by molar-refractivity contribution is 0.0607. The molecule has 7 heteroatoms.